The lowest BCUT2D eigenvalue weighted by atomic mass is 10.1. The van der Waals surface area contributed by atoms with Crippen molar-refractivity contribution in [1.29, 1.82) is 0 Å². The molecule has 30 heavy (non-hydrogen) atoms. The summed E-state index contributed by atoms with van der Waals surface area (Å²) < 4.78 is 11.3. The molecule has 7 heteroatoms. The number of rotatable bonds is 7. The molecule has 2 aromatic carbocycles. The van der Waals surface area contributed by atoms with E-state index in [2.05, 4.69) is 0 Å². The average Bonchev–Trinajstić information content (AvgIpc) is 2.97. The molecule has 0 aliphatic carbocycles. The van der Waals surface area contributed by atoms with Gasteiger partial charge in [0.1, 0.15) is 0 Å². The number of aryl methyl sites for hydroxylation is 1. The monoisotopic (exact) mass is 445 g/mol. The first-order chi connectivity index (χ1) is 14.3. The topological polar surface area (TPSA) is 55.8 Å². The van der Waals surface area contributed by atoms with Crippen LogP contribution < -0.4 is 9.47 Å². The summed E-state index contributed by atoms with van der Waals surface area (Å²) in [6, 6.07) is 11.2. The predicted octanol–water partition coefficient (Wildman–Crippen LogP) is 6.07. The van der Waals surface area contributed by atoms with Crippen LogP contribution in [-0.2, 0) is 11.3 Å². The van der Waals surface area contributed by atoms with Crippen LogP contribution >= 0.6 is 23.4 Å². The van der Waals surface area contributed by atoms with Gasteiger partial charge in [0.2, 0.25) is 0 Å². The summed E-state index contributed by atoms with van der Waals surface area (Å²) in [6.07, 6.45) is 2.47. The van der Waals surface area contributed by atoms with Gasteiger partial charge in [0.15, 0.2) is 11.5 Å². The van der Waals surface area contributed by atoms with Crippen molar-refractivity contribution >= 4 is 40.6 Å². The third kappa shape index (κ3) is 4.99. The maximum atomic E-state index is 12.8. The molecule has 0 bridgehead atoms. The molecule has 0 radical (unpaired) electrons. The fraction of sp³-hybridized carbons (Fsp3) is 0.304. The SMILES string of the molecule is CCC(C)Oc1c(Cl)cc(C=C2SC(=O)N(Cc3cccc(C)c3)C2=O)cc1OC. The van der Waals surface area contributed by atoms with Crippen molar-refractivity contribution in [2.45, 2.75) is 39.8 Å². The Morgan fingerprint density at radius 3 is 2.67 bits per heavy atom. The van der Waals surface area contributed by atoms with Crippen LogP contribution in [0.25, 0.3) is 6.08 Å². The summed E-state index contributed by atoms with van der Waals surface area (Å²) in [5.41, 5.74) is 2.65. The van der Waals surface area contributed by atoms with E-state index in [1.165, 1.54) is 12.0 Å². The minimum Gasteiger partial charge on any atom is -0.493 e. The van der Waals surface area contributed by atoms with Gasteiger partial charge in [-0.2, -0.15) is 0 Å². The Balaban J connectivity index is 1.85. The maximum Gasteiger partial charge on any atom is 0.293 e. The van der Waals surface area contributed by atoms with E-state index in [0.717, 1.165) is 29.3 Å². The van der Waals surface area contributed by atoms with Gasteiger partial charge in [-0.3, -0.25) is 14.5 Å². The Morgan fingerprint density at radius 1 is 1.23 bits per heavy atom. The molecule has 0 N–H and O–H groups in total. The van der Waals surface area contributed by atoms with Gasteiger partial charge in [-0.15, -0.1) is 0 Å². The van der Waals surface area contributed by atoms with Gasteiger partial charge in [0.05, 0.1) is 29.7 Å². The second-order valence-electron chi connectivity index (χ2n) is 7.13. The van der Waals surface area contributed by atoms with Gasteiger partial charge in [0.25, 0.3) is 11.1 Å². The van der Waals surface area contributed by atoms with Crippen LogP contribution in [0, 0.1) is 6.92 Å². The zero-order valence-electron chi connectivity index (χ0n) is 17.4. The number of carbonyl (C=O) groups excluding carboxylic acids is 2. The van der Waals surface area contributed by atoms with Crippen LogP contribution in [0.3, 0.4) is 0 Å². The van der Waals surface area contributed by atoms with E-state index >= 15 is 0 Å². The number of methoxy groups -OCH3 is 1. The van der Waals surface area contributed by atoms with Crippen LogP contribution in [0.1, 0.15) is 37.0 Å². The van der Waals surface area contributed by atoms with Gasteiger partial charge < -0.3 is 9.47 Å². The van der Waals surface area contributed by atoms with E-state index in [1.54, 1.807) is 18.2 Å². The number of carbonyl (C=O) groups is 2. The van der Waals surface area contributed by atoms with E-state index in [0.29, 0.717) is 27.0 Å². The summed E-state index contributed by atoms with van der Waals surface area (Å²) in [6.45, 7) is 6.19. The first-order valence-corrected chi connectivity index (χ1v) is 10.9. The normalized spacial score (nSPS) is 16.3. The Bertz CT molecular complexity index is 1000. The molecule has 1 aliphatic rings. The lowest BCUT2D eigenvalue weighted by molar-refractivity contribution is -0.123. The number of imide groups is 1. The molecule has 3 rings (SSSR count). The van der Waals surface area contributed by atoms with Crippen LogP contribution in [0.2, 0.25) is 5.02 Å². The molecule has 2 aromatic rings. The minimum absolute atomic E-state index is 0.0135. The van der Waals surface area contributed by atoms with Gasteiger partial charge in [0, 0.05) is 0 Å². The van der Waals surface area contributed by atoms with Gasteiger partial charge in [-0.1, -0.05) is 48.4 Å². The fourth-order valence-electron chi connectivity index (χ4n) is 3.00. The highest BCUT2D eigenvalue weighted by Gasteiger charge is 2.35. The molecule has 158 valence electrons. The third-order valence-electron chi connectivity index (χ3n) is 4.74. The summed E-state index contributed by atoms with van der Waals surface area (Å²) in [5.74, 6) is 0.632. The van der Waals surface area contributed by atoms with Gasteiger partial charge >= 0.3 is 0 Å². The highest BCUT2D eigenvalue weighted by molar-refractivity contribution is 8.18. The molecule has 1 atom stereocenters. The van der Waals surface area contributed by atoms with Crippen LogP contribution in [0.15, 0.2) is 41.3 Å². The quantitative estimate of drug-likeness (QED) is 0.484. The first-order valence-electron chi connectivity index (χ1n) is 9.67. The maximum absolute atomic E-state index is 12.8. The van der Waals surface area contributed by atoms with Crippen molar-refractivity contribution in [3.05, 3.63) is 63.0 Å². The molecular weight excluding hydrogens is 422 g/mol. The number of hydrogen-bond donors (Lipinski definition) is 0. The number of amides is 2. The van der Waals surface area contributed by atoms with Crippen molar-refractivity contribution in [3.8, 4) is 11.5 Å². The minimum atomic E-state index is -0.318. The van der Waals surface area contributed by atoms with Crippen LogP contribution in [0.5, 0.6) is 11.5 Å². The Morgan fingerprint density at radius 2 is 2.00 bits per heavy atom. The highest BCUT2D eigenvalue weighted by atomic mass is 35.5. The van der Waals surface area contributed by atoms with Gasteiger partial charge in [-0.05, 0) is 61.4 Å². The number of thioether (sulfide) groups is 1. The largest absolute Gasteiger partial charge is 0.493 e. The first kappa shape index (κ1) is 22.2. The number of benzene rings is 2. The molecule has 2 amide bonds. The molecular formula is C23H24ClNO4S. The summed E-state index contributed by atoms with van der Waals surface area (Å²) in [4.78, 5) is 26.9. The van der Waals surface area contributed by atoms with E-state index in [4.69, 9.17) is 21.1 Å². The third-order valence-corrected chi connectivity index (χ3v) is 5.93. The molecule has 1 aliphatic heterocycles. The molecule has 0 saturated carbocycles. The molecule has 1 heterocycles. The second kappa shape index (κ2) is 9.58. The smallest absolute Gasteiger partial charge is 0.293 e. The molecule has 5 nitrogen and oxygen atoms in total. The lowest BCUT2D eigenvalue weighted by Gasteiger charge is -2.17. The lowest BCUT2D eigenvalue weighted by Crippen LogP contribution is -2.27. The second-order valence-corrected chi connectivity index (χ2v) is 8.53. The fourth-order valence-corrected chi connectivity index (χ4v) is 4.10. The standard InChI is InChI=1S/C23H24ClNO4S/c1-5-15(3)29-21-18(24)10-17(11-19(21)28-4)12-20-22(26)25(23(27)30-20)13-16-8-6-7-14(2)9-16/h6-12,15H,5,13H2,1-4H3. The Hall–Kier alpha value is -2.44. The Kier molecular flexibility index (Phi) is 7.10. The summed E-state index contributed by atoms with van der Waals surface area (Å²) in [7, 11) is 1.54. The van der Waals surface area contributed by atoms with Crippen molar-refractivity contribution in [2.75, 3.05) is 7.11 Å². The molecule has 0 aromatic heterocycles. The molecule has 1 fully saturated rings. The number of hydrogen-bond acceptors (Lipinski definition) is 5. The van der Waals surface area contributed by atoms with Crippen LogP contribution in [0.4, 0.5) is 4.79 Å². The number of halogens is 1. The zero-order valence-corrected chi connectivity index (χ0v) is 19.0. The summed E-state index contributed by atoms with van der Waals surface area (Å²) in [5, 5.41) is 0.0995. The van der Waals surface area contributed by atoms with E-state index < -0.39 is 0 Å². The molecule has 0 spiro atoms. The molecule has 1 unspecified atom stereocenters. The van der Waals surface area contributed by atoms with Crippen LogP contribution in [-0.4, -0.2) is 29.3 Å². The Labute approximate surface area is 186 Å². The predicted molar refractivity (Wildman–Crippen MR) is 121 cm³/mol. The number of nitrogens with zero attached hydrogens (tertiary/aromatic N) is 1. The van der Waals surface area contributed by atoms with Crippen molar-refractivity contribution < 1.29 is 19.1 Å². The van der Waals surface area contributed by atoms with Crippen molar-refractivity contribution in [1.82, 2.24) is 4.90 Å². The van der Waals surface area contributed by atoms with E-state index in [-0.39, 0.29) is 23.8 Å². The average molecular weight is 446 g/mol. The van der Waals surface area contributed by atoms with E-state index in [9.17, 15) is 9.59 Å². The number of ether oxygens (including phenoxy) is 2. The van der Waals surface area contributed by atoms with Crippen molar-refractivity contribution in [2.24, 2.45) is 0 Å². The summed E-state index contributed by atoms with van der Waals surface area (Å²) >= 11 is 7.33. The van der Waals surface area contributed by atoms with E-state index in [1.807, 2.05) is 45.0 Å². The van der Waals surface area contributed by atoms with Gasteiger partial charge in [-0.25, -0.2) is 0 Å². The van der Waals surface area contributed by atoms with Crippen molar-refractivity contribution in [3.63, 3.8) is 0 Å². The molecule has 1 saturated heterocycles. The highest BCUT2D eigenvalue weighted by Crippen LogP contribution is 2.39. The zero-order chi connectivity index (χ0) is 21.8.